The molecule has 1 amide bonds. The molecule has 1 saturated heterocycles. The molecule has 0 spiro atoms. The van der Waals surface area contributed by atoms with Crippen LogP contribution in [0.15, 0.2) is 53.5 Å². The molecule has 0 radical (unpaired) electrons. The molecule has 3 aromatic rings. The van der Waals surface area contributed by atoms with Gasteiger partial charge in [-0.1, -0.05) is 38.0 Å². The van der Waals surface area contributed by atoms with Gasteiger partial charge in [0.05, 0.1) is 31.7 Å². The molecule has 1 fully saturated rings. The number of pyridine rings is 1. The number of carbonyl (C=O) groups is 1. The zero-order valence-electron chi connectivity index (χ0n) is 20.8. The summed E-state index contributed by atoms with van der Waals surface area (Å²) in [5.74, 6) is 1.66. The maximum absolute atomic E-state index is 13.8. The first-order valence-electron chi connectivity index (χ1n) is 12.4. The molecule has 7 nitrogen and oxygen atoms in total. The zero-order valence-corrected chi connectivity index (χ0v) is 20.8. The van der Waals surface area contributed by atoms with Crippen molar-refractivity contribution in [2.24, 2.45) is 0 Å². The van der Waals surface area contributed by atoms with Gasteiger partial charge in [0.15, 0.2) is 11.5 Å². The quantitative estimate of drug-likeness (QED) is 0.410. The number of hydrogen-bond donors (Lipinski definition) is 0. The fourth-order valence-electron chi connectivity index (χ4n) is 4.67. The summed E-state index contributed by atoms with van der Waals surface area (Å²) in [5, 5.41) is 1.04. The highest BCUT2D eigenvalue weighted by molar-refractivity contribution is 6.07. The first kappa shape index (κ1) is 24.6. The number of unbranched alkanes of at least 4 members (excludes halogenated alkanes) is 2. The molecule has 1 atom stereocenters. The summed E-state index contributed by atoms with van der Waals surface area (Å²) < 4.78 is 18.7. The highest BCUT2D eigenvalue weighted by Crippen LogP contribution is 2.33. The Hall–Kier alpha value is -3.48. The number of carbonyl (C=O) groups excluding carboxylic acids is 1. The third kappa shape index (κ3) is 5.45. The Morgan fingerprint density at radius 3 is 2.43 bits per heavy atom. The smallest absolute Gasteiger partial charge is 0.258 e. The van der Waals surface area contributed by atoms with Crippen molar-refractivity contribution in [3.05, 3.63) is 64.6 Å². The first-order chi connectivity index (χ1) is 17.0. The fourth-order valence-corrected chi connectivity index (χ4v) is 4.67. The lowest BCUT2D eigenvalue weighted by atomic mass is 10.0. The van der Waals surface area contributed by atoms with Gasteiger partial charge < -0.3 is 23.7 Å². The van der Waals surface area contributed by atoms with Crippen molar-refractivity contribution in [3.8, 4) is 17.2 Å². The number of ether oxygens (including phenoxy) is 3. The predicted octanol–water partition coefficient (Wildman–Crippen LogP) is 4.89. The lowest BCUT2D eigenvalue weighted by Gasteiger charge is -2.33. The van der Waals surface area contributed by atoms with Gasteiger partial charge in [-0.25, -0.2) is 0 Å². The molecule has 1 aliphatic heterocycles. The summed E-state index contributed by atoms with van der Waals surface area (Å²) in [5.41, 5.74) is 0.370. The van der Waals surface area contributed by atoms with Crippen molar-refractivity contribution in [2.45, 2.75) is 51.7 Å². The number of rotatable bonds is 9. The van der Waals surface area contributed by atoms with Crippen molar-refractivity contribution >= 4 is 16.7 Å². The minimum absolute atomic E-state index is 0.0774. The second-order valence-electron chi connectivity index (χ2n) is 8.95. The SMILES string of the molecule is CCCCCn1cc(C(=O)N2CCCC(Oc3ccccc3)C2)c2cc(OC)c(OC)cc2c1=O. The van der Waals surface area contributed by atoms with Gasteiger partial charge in [-0.05, 0) is 43.5 Å². The van der Waals surface area contributed by atoms with Crippen LogP contribution in [0.5, 0.6) is 17.2 Å². The number of nitrogens with zero attached hydrogens (tertiary/aromatic N) is 2. The highest BCUT2D eigenvalue weighted by atomic mass is 16.5. The number of amides is 1. The number of hydrogen-bond acceptors (Lipinski definition) is 5. The van der Waals surface area contributed by atoms with Gasteiger partial charge >= 0.3 is 0 Å². The van der Waals surface area contributed by atoms with E-state index in [1.807, 2.05) is 35.2 Å². The zero-order chi connectivity index (χ0) is 24.8. The van der Waals surface area contributed by atoms with Gasteiger partial charge in [-0.15, -0.1) is 0 Å². The number of likely N-dealkylation sites (tertiary alicyclic amines) is 1. The first-order valence-corrected chi connectivity index (χ1v) is 12.4. The molecule has 4 rings (SSSR count). The summed E-state index contributed by atoms with van der Waals surface area (Å²) in [6.07, 6.45) is 6.33. The monoisotopic (exact) mass is 478 g/mol. The topological polar surface area (TPSA) is 70.0 Å². The van der Waals surface area contributed by atoms with E-state index >= 15 is 0 Å². The lowest BCUT2D eigenvalue weighted by Crippen LogP contribution is -2.44. The molecule has 0 aliphatic carbocycles. The van der Waals surface area contributed by atoms with Crippen molar-refractivity contribution in [3.63, 3.8) is 0 Å². The van der Waals surface area contributed by atoms with E-state index in [0.29, 0.717) is 47.5 Å². The minimum Gasteiger partial charge on any atom is -0.493 e. The maximum Gasteiger partial charge on any atom is 0.258 e. The van der Waals surface area contributed by atoms with Crippen LogP contribution in [0, 0.1) is 0 Å². The van der Waals surface area contributed by atoms with Crippen LogP contribution in [-0.2, 0) is 6.54 Å². The van der Waals surface area contributed by atoms with Gasteiger partial charge in [0.2, 0.25) is 0 Å². The second kappa shape index (κ2) is 11.3. The van der Waals surface area contributed by atoms with Crippen molar-refractivity contribution in [1.29, 1.82) is 0 Å². The van der Waals surface area contributed by atoms with E-state index < -0.39 is 0 Å². The van der Waals surface area contributed by atoms with Crippen molar-refractivity contribution in [2.75, 3.05) is 27.3 Å². The van der Waals surface area contributed by atoms with E-state index in [-0.39, 0.29) is 17.6 Å². The van der Waals surface area contributed by atoms with E-state index in [1.54, 1.807) is 37.1 Å². The highest BCUT2D eigenvalue weighted by Gasteiger charge is 2.28. The van der Waals surface area contributed by atoms with Crippen LogP contribution in [0.1, 0.15) is 49.4 Å². The summed E-state index contributed by atoms with van der Waals surface area (Å²) in [6.45, 7) is 3.84. The van der Waals surface area contributed by atoms with E-state index in [9.17, 15) is 9.59 Å². The number of fused-ring (bicyclic) bond motifs is 1. The molecule has 1 aromatic heterocycles. The van der Waals surface area contributed by atoms with Gasteiger partial charge in [-0.3, -0.25) is 9.59 Å². The number of piperidine rings is 1. The van der Waals surface area contributed by atoms with Gasteiger partial charge in [0, 0.05) is 24.7 Å². The molecule has 2 heterocycles. The van der Waals surface area contributed by atoms with Crippen LogP contribution >= 0.6 is 0 Å². The number of methoxy groups -OCH3 is 2. The molecule has 7 heteroatoms. The summed E-state index contributed by atoms with van der Waals surface area (Å²) in [6, 6.07) is 13.1. The normalized spacial score (nSPS) is 15.7. The van der Waals surface area contributed by atoms with Gasteiger partial charge in [0.1, 0.15) is 11.9 Å². The Morgan fingerprint density at radius 2 is 1.74 bits per heavy atom. The van der Waals surface area contributed by atoms with Crippen LogP contribution < -0.4 is 19.8 Å². The van der Waals surface area contributed by atoms with Crippen LogP contribution in [0.4, 0.5) is 0 Å². The molecule has 186 valence electrons. The summed E-state index contributed by atoms with van der Waals surface area (Å²) in [4.78, 5) is 29.0. The molecule has 2 aromatic carbocycles. The van der Waals surface area contributed by atoms with Crippen LogP contribution in [0.3, 0.4) is 0 Å². The van der Waals surface area contributed by atoms with Crippen LogP contribution in [0.2, 0.25) is 0 Å². The Balaban J connectivity index is 1.70. The molecule has 0 bridgehead atoms. The molecule has 1 unspecified atom stereocenters. The largest absolute Gasteiger partial charge is 0.493 e. The molecule has 0 N–H and O–H groups in total. The standard InChI is InChI=1S/C28H34N2O5/c1-4-5-9-14-30-19-24(22-16-25(33-2)26(34-3)17-23(22)27(30)31)28(32)29-15-10-13-21(18-29)35-20-11-7-6-8-12-20/h6-8,11-12,16-17,19,21H,4-5,9-10,13-15,18H2,1-3H3. The third-order valence-electron chi connectivity index (χ3n) is 6.53. The van der Waals surface area contributed by atoms with E-state index in [4.69, 9.17) is 14.2 Å². The number of para-hydroxylation sites is 1. The third-order valence-corrected chi connectivity index (χ3v) is 6.53. The Labute approximate surface area is 206 Å². The summed E-state index contributed by atoms with van der Waals surface area (Å²) >= 11 is 0. The number of aryl methyl sites for hydroxylation is 1. The van der Waals surface area contributed by atoms with Crippen LogP contribution in [0.25, 0.3) is 10.8 Å². The molecular weight excluding hydrogens is 444 g/mol. The Bertz CT molecular complexity index is 1220. The van der Waals surface area contributed by atoms with Crippen molar-refractivity contribution in [1.82, 2.24) is 9.47 Å². The molecule has 35 heavy (non-hydrogen) atoms. The van der Waals surface area contributed by atoms with Gasteiger partial charge in [-0.2, -0.15) is 0 Å². The molecule has 1 aliphatic rings. The average molecular weight is 479 g/mol. The number of benzene rings is 2. The molecule has 0 saturated carbocycles. The lowest BCUT2D eigenvalue weighted by molar-refractivity contribution is 0.0539. The number of aromatic nitrogens is 1. The second-order valence-corrected chi connectivity index (χ2v) is 8.95. The van der Waals surface area contributed by atoms with Crippen LogP contribution in [-0.4, -0.2) is 48.8 Å². The predicted molar refractivity (Wildman–Crippen MR) is 137 cm³/mol. The average Bonchev–Trinajstić information content (AvgIpc) is 2.89. The maximum atomic E-state index is 13.8. The van der Waals surface area contributed by atoms with Gasteiger partial charge in [0.25, 0.3) is 11.5 Å². The van der Waals surface area contributed by atoms with E-state index in [1.165, 1.54) is 0 Å². The minimum atomic E-state index is -0.127. The molecular formula is C28H34N2O5. The summed E-state index contributed by atoms with van der Waals surface area (Å²) in [7, 11) is 3.09. The van der Waals surface area contributed by atoms with E-state index in [2.05, 4.69) is 6.92 Å². The Kier molecular flexibility index (Phi) is 7.95. The fraction of sp³-hybridized carbons (Fsp3) is 0.429. The van der Waals surface area contributed by atoms with Crippen molar-refractivity contribution < 1.29 is 19.0 Å². The van der Waals surface area contributed by atoms with E-state index in [0.717, 1.165) is 37.9 Å². The Morgan fingerprint density at radius 1 is 1.03 bits per heavy atom.